The molecule has 0 spiro atoms. The summed E-state index contributed by atoms with van der Waals surface area (Å²) in [4.78, 5) is 25.6. The highest BCUT2D eigenvalue weighted by Crippen LogP contribution is 2.11. The highest BCUT2D eigenvalue weighted by molar-refractivity contribution is 6.04. The van der Waals surface area contributed by atoms with E-state index in [1.165, 1.54) is 12.3 Å². The molecule has 0 atom stereocenters. The Bertz CT molecular complexity index is 634. The Morgan fingerprint density at radius 2 is 2.11 bits per heavy atom. The molecule has 0 unspecified atom stereocenters. The van der Waals surface area contributed by atoms with Crippen molar-refractivity contribution in [2.45, 2.75) is 6.54 Å². The van der Waals surface area contributed by atoms with Crippen LogP contribution in [0.5, 0.6) is 0 Å². The van der Waals surface area contributed by atoms with Gasteiger partial charge in [-0.3, -0.25) is 9.59 Å². The van der Waals surface area contributed by atoms with E-state index in [0.29, 0.717) is 11.3 Å². The molecule has 1 aromatic heterocycles. The minimum absolute atomic E-state index is 0.295. The normalized spacial score (nSPS) is 10.2. The largest absolute Gasteiger partial charge is 0.329 e. The van der Waals surface area contributed by atoms with Crippen LogP contribution in [0, 0.1) is 0 Å². The zero-order chi connectivity index (χ0) is 13.7. The highest BCUT2D eigenvalue weighted by atomic mass is 16.2. The third-order valence-corrected chi connectivity index (χ3v) is 2.60. The fourth-order valence-electron chi connectivity index (χ4n) is 1.75. The van der Waals surface area contributed by atoms with Crippen molar-refractivity contribution >= 4 is 11.6 Å². The van der Waals surface area contributed by atoms with Gasteiger partial charge in [0.25, 0.3) is 5.91 Å². The molecule has 0 radical (unpaired) electrons. The van der Waals surface area contributed by atoms with Crippen LogP contribution in [0.2, 0.25) is 0 Å². The lowest BCUT2D eigenvalue weighted by Crippen LogP contribution is -2.15. The van der Waals surface area contributed by atoms with Gasteiger partial charge in [-0.1, -0.05) is 12.1 Å². The molecule has 0 bridgehead atoms. The van der Waals surface area contributed by atoms with Crippen LogP contribution in [0.4, 0.5) is 5.69 Å². The fraction of sp³-hybridized carbons (Fsp3) is 0.143. The first-order valence-corrected chi connectivity index (χ1v) is 5.92. The standard InChI is InChI=1S/C14H15N3O2/c1-15-9-10-3-2-4-12(7-10)17-14(19)11-5-6-16-13(18)8-11/h2-8,15H,9H2,1H3,(H,16,18)(H,17,19). The Labute approximate surface area is 110 Å². The van der Waals surface area contributed by atoms with Crippen molar-refractivity contribution in [3.63, 3.8) is 0 Å². The summed E-state index contributed by atoms with van der Waals surface area (Å²) in [5.41, 5.74) is 1.82. The Hall–Kier alpha value is -2.40. The van der Waals surface area contributed by atoms with Gasteiger partial charge in [-0.2, -0.15) is 0 Å². The average molecular weight is 257 g/mol. The van der Waals surface area contributed by atoms with Crippen LogP contribution in [-0.2, 0) is 6.54 Å². The van der Waals surface area contributed by atoms with Gasteiger partial charge in [-0.05, 0) is 30.8 Å². The number of aromatic nitrogens is 1. The summed E-state index contributed by atoms with van der Waals surface area (Å²) in [5.74, 6) is -0.298. The van der Waals surface area contributed by atoms with E-state index in [9.17, 15) is 9.59 Å². The maximum Gasteiger partial charge on any atom is 0.255 e. The zero-order valence-corrected chi connectivity index (χ0v) is 10.6. The lowest BCUT2D eigenvalue weighted by Gasteiger charge is -2.07. The van der Waals surface area contributed by atoms with Crippen molar-refractivity contribution in [1.29, 1.82) is 0 Å². The van der Waals surface area contributed by atoms with Gasteiger partial charge >= 0.3 is 0 Å². The molecule has 5 nitrogen and oxygen atoms in total. The van der Waals surface area contributed by atoms with Crippen molar-refractivity contribution in [1.82, 2.24) is 10.3 Å². The highest BCUT2D eigenvalue weighted by Gasteiger charge is 2.06. The third kappa shape index (κ3) is 3.53. The van der Waals surface area contributed by atoms with Crippen LogP contribution in [-0.4, -0.2) is 17.9 Å². The smallest absolute Gasteiger partial charge is 0.255 e. The molecule has 0 saturated heterocycles. The van der Waals surface area contributed by atoms with Gasteiger partial charge in [0.15, 0.2) is 0 Å². The Morgan fingerprint density at radius 3 is 2.84 bits per heavy atom. The van der Waals surface area contributed by atoms with E-state index in [1.54, 1.807) is 6.07 Å². The SMILES string of the molecule is CNCc1cccc(NC(=O)c2cc[nH]c(=O)c2)c1. The summed E-state index contributed by atoms with van der Waals surface area (Å²) >= 11 is 0. The van der Waals surface area contributed by atoms with E-state index in [-0.39, 0.29) is 11.5 Å². The predicted octanol–water partition coefficient (Wildman–Crippen LogP) is 1.35. The Balaban J connectivity index is 2.14. The summed E-state index contributed by atoms with van der Waals surface area (Å²) in [6.07, 6.45) is 1.45. The fourth-order valence-corrected chi connectivity index (χ4v) is 1.75. The predicted molar refractivity (Wildman–Crippen MR) is 74.2 cm³/mol. The van der Waals surface area contributed by atoms with Crippen LogP contribution in [0.1, 0.15) is 15.9 Å². The number of aromatic amines is 1. The van der Waals surface area contributed by atoms with Crippen molar-refractivity contribution in [3.05, 3.63) is 64.1 Å². The number of anilines is 1. The second-order valence-corrected chi connectivity index (χ2v) is 4.13. The molecule has 1 heterocycles. The zero-order valence-electron chi connectivity index (χ0n) is 10.6. The molecule has 0 aliphatic carbocycles. The van der Waals surface area contributed by atoms with Crippen LogP contribution in [0.15, 0.2) is 47.4 Å². The molecule has 2 aromatic rings. The molecule has 0 fully saturated rings. The average Bonchev–Trinajstić information content (AvgIpc) is 2.39. The van der Waals surface area contributed by atoms with Crippen molar-refractivity contribution in [2.24, 2.45) is 0 Å². The third-order valence-electron chi connectivity index (χ3n) is 2.60. The van der Waals surface area contributed by atoms with Gasteiger partial charge in [0.2, 0.25) is 5.56 Å². The summed E-state index contributed by atoms with van der Waals surface area (Å²) in [6, 6.07) is 10.4. The number of rotatable bonds is 4. The van der Waals surface area contributed by atoms with E-state index in [4.69, 9.17) is 0 Å². The Morgan fingerprint density at radius 1 is 1.26 bits per heavy atom. The van der Waals surface area contributed by atoms with Crippen molar-refractivity contribution < 1.29 is 4.79 Å². The first-order valence-electron chi connectivity index (χ1n) is 5.92. The quantitative estimate of drug-likeness (QED) is 0.774. The monoisotopic (exact) mass is 257 g/mol. The molecule has 2 rings (SSSR count). The summed E-state index contributed by atoms with van der Waals surface area (Å²) < 4.78 is 0. The molecule has 19 heavy (non-hydrogen) atoms. The summed E-state index contributed by atoms with van der Waals surface area (Å²) in [6.45, 7) is 0.731. The number of H-pyrrole nitrogens is 1. The number of carbonyl (C=O) groups is 1. The molecule has 1 aromatic carbocycles. The molecule has 0 aliphatic rings. The van der Waals surface area contributed by atoms with E-state index in [1.807, 2.05) is 31.3 Å². The maximum absolute atomic E-state index is 12.0. The molecule has 98 valence electrons. The van der Waals surface area contributed by atoms with E-state index in [0.717, 1.165) is 12.1 Å². The second-order valence-electron chi connectivity index (χ2n) is 4.13. The van der Waals surface area contributed by atoms with Crippen molar-refractivity contribution in [3.8, 4) is 0 Å². The number of nitrogens with one attached hydrogen (secondary N) is 3. The van der Waals surface area contributed by atoms with Gasteiger partial charge in [0.1, 0.15) is 0 Å². The number of benzene rings is 1. The number of amides is 1. The second kappa shape index (κ2) is 5.97. The number of carbonyl (C=O) groups excluding carboxylic acids is 1. The lowest BCUT2D eigenvalue weighted by atomic mass is 10.2. The number of hydrogen-bond donors (Lipinski definition) is 3. The number of pyridine rings is 1. The minimum atomic E-state index is -0.298. The molecule has 1 amide bonds. The summed E-state index contributed by atoms with van der Waals surface area (Å²) in [5, 5.41) is 5.81. The van der Waals surface area contributed by atoms with E-state index >= 15 is 0 Å². The van der Waals surface area contributed by atoms with E-state index < -0.39 is 0 Å². The van der Waals surface area contributed by atoms with Gasteiger partial charge < -0.3 is 15.6 Å². The molecular formula is C14H15N3O2. The van der Waals surface area contributed by atoms with Crippen LogP contribution >= 0.6 is 0 Å². The first-order chi connectivity index (χ1) is 9.19. The van der Waals surface area contributed by atoms with Gasteiger partial charge in [0, 0.05) is 30.1 Å². The maximum atomic E-state index is 12.0. The van der Waals surface area contributed by atoms with Crippen LogP contribution in [0.3, 0.4) is 0 Å². The van der Waals surface area contributed by atoms with Gasteiger partial charge in [-0.15, -0.1) is 0 Å². The first kappa shape index (κ1) is 13.0. The van der Waals surface area contributed by atoms with Gasteiger partial charge in [-0.25, -0.2) is 0 Å². The van der Waals surface area contributed by atoms with E-state index in [2.05, 4.69) is 15.6 Å². The van der Waals surface area contributed by atoms with Crippen LogP contribution in [0.25, 0.3) is 0 Å². The van der Waals surface area contributed by atoms with Crippen molar-refractivity contribution in [2.75, 3.05) is 12.4 Å². The summed E-state index contributed by atoms with van der Waals surface area (Å²) in [7, 11) is 1.86. The Kier molecular flexibility index (Phi) is 4.10. The molecule has 0 aliphatic heterocycles. The topological polar surface area (TPSA) is 74.0 Å². The molecule has 5 heteroatoms. The minimum Gasteiger partial charge on any atom is -0.329 e. The van der Waals surface area contributed by atoms with Gasteiger partial charge in [0.05, 0.1) is 0 Å². The molecular weight excluding hydrogens is 242 g/mol. The molecule has 0 saturated carbocycles. The molecule has 3 N–H and O–H groups in total. The number of hydrogen-bond acceptors (Lipinski definition) is 3. The lowest BCUT2D eigenvalue weighted by molar-refractivity contribution is 0.102. The van der Waals surface area contributed by atoms with Crippen LogP contribution < -0.4 is 16.2 Å².